The number of nitro benzene ring substituents is 1. The fourth-order valence-electron chi connectivity index (χ4n) is 3.22. The Kier molecular flexibility index (Phi) is 6.95. The summed E-state index contributed by atoms with van der Waals surface area (Å²) in [4.78, 5) is 24.9. The molecule has 0 aliphatic carbocycles. The number of hydrogen-bond donors (Lipinski definition) is 2. The van der Waals surface area contributed by atoms with E-state index < -0.39 is 4.92 Å². The Bertz CT molecular complexity index is 909. The van der Waals surface area contributed by atoms with Crippen LogP contribution in [0.25, 0.3) is 0 Å². The molecule has 3 rings (SSSR count). The van der Waals surface area contributed by atoms with E-state index in [1.165, 1.54) is 18.3 Å². The molecule has 1 fully saturated rings. The van der Waals surface area contributed by atoms with E-state index in [-0.39, 0.29) is 23.3 Å². The maximum absolute atomic E-state index is 12.3. The van der Waals surface area contributed by atoms with Gasteiger partial charge in [0, 0.05) is 34.6 Å². The number of piperidine rings is 1. The first-order valence-corrected chi connectivity index (χ1v) is 9.99. The van der Waals surface area contributed by atoms with Gasteiger partial charge in [0.25, 0.3) is 5.69 Å². The minimum atomic E-state index is -0.408. The number of non-ortho nitro benzene ring substituents is 1. The van der Waals surface area contributed by atoms with E-state index in [9.17, 15) is 20.0 Å². The standard InChI is InChI=1S/C20H21BrN4O4/c21-17-3-6-19(26)16(11-17)12-22-23-20(27)15-7-9-24(10-8-15)13-14-1-4-18(5-2-14)25(28)29/h1-6,11-12,15,26H,7-10,13H2,(H,23,27). The molecule has 0 spiro atoms. The van der Waals surface area contributed by atoms with Crippen LogP contribution >= 0.6 is 15.9 Å². The van der Waals surface area contributed by atoms with E-state index >= 15 is 0 Å². The van der Waals surface area contributed by atoms with Crippen molar-refractivity contribution >= 4 is 33.7 Å². The van der Waals surface area contributed by atoms with Gasteiger partial charge in [-0.05, 0) is 49.7 Å². The number of halogens is 1. The van der Waals surface area contributed by atoms with Crippen LogP contribution in [-0.4, -0.2) is 40.1 Å². The molecule has 152 valence electrons. The van der Waals surface area contributed by atoms with Gasteiger partial charge >= 0.3 is 0 Å². The predicted octanol–water partition coefficient (Wildman–Crippen LogP) is 3.43. The molecular weight excluding hydrogens is 440 g/mol. The van der Waals surface area contributed by atoms with Gasteiger partial charge in [0.1, 0.15) is 5.75 Å². The highest BCUT2D eigenvalue weighted by Crippen LogP contribution is 2.21. The summed E-state index contributed by atoms with van der Waals surface area (Å²) in [5.74, 6) is -0.159. The number of aromatic hydroxyl groups is 1. The average molecular weight is 461 g/mol. The van der Waals surface area contributed by atoms with Crippen molar-refractivity contribution in [3.8, 4) is 5.75 Å². The molecule has 0 aromatic heterocycles. The van der Waals surface area contributed by atoms with Gasteiger partial charge in [-0.1, -0.05) is 28.1 Å². The average Bonchev–Trinajstić information content (AvgIpc) is 2.71. The lowest BCUT2D eigenvalue weighted by Crippen LogP contribution is -2.39. The van der Waals surface area contributed by atoms with Gasteiger partial charge in [0.05, 0.1) is 11.1 Å². The largest absolute Gasteiger partial charge is 0.507 e. The van der Waals surface area contributed by atoms with Crippen LogP contribution in [-0.2, 0) is 11.3 Å². The third kappa shape index (κ3) is 5.85. The number of phenolic OH excluding ortho intramolecular Hbond substituents is 1. The molecule has 2 aromatic rings. The summed E-state index contributed by atoms with van der Waals surface area (Å²) >= 11 is 3.32. The van der Waals surface area contributed by atoms with Crippen molar-refractivity contribution < 1.29 is 14.8 Å². The highest BCUT2D eigenvalue weighted by molar-refractivity contribution is 9.10. The molecule has 0 unspecified atom stereocenters. The molecule has 0 atom stereocenters. The van der Waals surface area contributed by atoms with E-state index in [0.29, 0.717) is 12.1 Å². The Hall–Kier alpha value is -2.78. The summed E-state index contributed by atoms with van der Waals surface area (Å²) in [5.41, 5.74) is 4.16. The van der Waals surface area contributed by atoms with Crippen LogP contribution in [0, 0.1) is 16.0 Å². The maximum Gasteiger partial charge on any atom is 0.269 e. The molecular formula is C20H21BrN4O4. The molecule has 9 heteroatoms. The number of nitro groups is 1. The third-order valence-electron chi connectivity index (χ3n) is 4.88. The summed E-state index contributed by atoms with van der Waals surface area (Å²) in [6, 6.07) is 11.5. The second-order valence-electron chi connectivity index (χ2n) is 6.91. The number of likely N-dealkylation sites (tertiary alicyclic amines) is 1. The van der Waals surface area contributed by atoms with Crippen LogP contribution in [0.15, 0.2) is 52.0 Å². The van der Waals surface area contributed by atoms with Crippen molar-refractivity contribution in [2.45, 2.75) is 19.4 Å². The Balaban J connectivity index is 1.46. The number of nitrogens with zero attached hydrogens (tertiary/aromatic N) is 3. The first kappa shape index (κ1) is 20.9. The van der Waals surface area contributed by atoms with E-state index in [1.807, 2.05) is 0 Å². The van der Waals surface area contributed by atoms with Crippen molar-refractivity contribution in [2.75, 3.05) is 13.1 Å². The Labute approximate surface area is 176 Å². The topological polar surface area (TPSA) is 108 Å². The zero-order chi connectivity index (χ0) is 20.8. The number of hydrazone groups is 1. The monoisotopic (exact) mass is 460 g/mol. The van der Waals surface area contributed by atoms with Crippen molar-refractivity contribution in [2.24, 2.45) is 11.0 Å². The highest BCUT2D eigenvalue weighted by atomic mass is 79.9. The fourth-order valence-corrected chi connectivity index (χ4v) is 3.60. The van der Waals surface area contributed by atoms with Crippen LogP contribution in [0.5, 0.6) is 5.75 Å². The fraction of sp³-hybridized carbons (Fsp3) is 0.300. The van der Waals surface area contributed by atoms with Gasteiger partial charge in [-0.15, -0.1) is 0 Å². The summed E-state index contributed by atoms with van der Waals surface area (Å²) in [5, 5.41) is 24.5. The number of nitrogens with one attached hydrogen (secondary N) is 1. The molecule has 1 saturated heterocycles. The number of benzene rings is 2. The molecule has 0 radical (unpaired) electrons. The molecule has 1 amide bonds. The first-order valence-electron chi connectivity index (χ1n) is 9.19. The summed E-state index contributed by atoms with van der Waals surface area (Å²) < 4.78 is 0.809. The normalized spacial score (nSPS) is 15.5. The molecule has 1 aliphatic heterocycles. The lowest BCUT2D eigenvalue weighted by molar-refractivity contribution is -0.384. The number of rotatable bonds is 6. The lowest BCUT2D eigenvalue weighted by atomic mass is 9.96. The maximum atomic E-state index is 12.3. The molecule has 1 aliphatic rings. The van der Waals surface area contributed by atoms with Gasteiger partial charge < -0.3 is 5.11 Å². The van der Waals surface area contributed by atoms with Crippen molar-refractivity contribution in [3.05, 3.63) is 68.2 Å². The smallest absolute Gasteiger partial charge is 0.269 e. The van der Waals surface area contributed by atoms with Crippen LogP contribution in [0.4, 0.5) is 5.69 Å². The van der Waals surface area contributed by atoms with E-state index in [0.717, 1.165) is 36.0 Å². The number of carbonyl (C=O) groups is 1. The summed E-state index contributed by atoms with van der Waals surface area (Å²) in [7, 11) is 0. The van der Waals surface area contributed by atoms with Crippen LogP contribution in [0.1, 0.15) is 24.0 Å². The SMILES string of the molecule is O=C(NN=Cc1cc(Br)ccc1O)C1CCN(Cc2ccc([N+](=O)[O-])cc2)CC1. The second kappa shape index (κ2) is 9.62. The molecule has 0 bridgehead atoms. The molecule has 1 heterocycles. The minimum absolute atomic E-state index is 0.0841. The molecule has 29 heavy (non-hydrogen) atoms. The molecule has 2 N–H and O–H groups in total. The van der Waals surface area contributed by atoms with Gasteiger partial charge in [0.2, 0.25) is 5.91 Å². The Morgan fingerprint density at radius 3 is 2.62 bits per heavy atom. The van der Waals surface area contributed by atoms with E-state index in [2.05, 4.69) is 31.4 Å². The quantitative estimate of drug-likeness (QED) is 0.390. The first-order chi connectivity index (χ1) is 13.9. The lowest BCUT2D eigenvalue weighted by Gasteiger charge is -2.30. The Morgan fingerprint density at radius 1 is 1.28 bits per heavy atom. The van der Waals surface area contributed by atoms with E-state index in [1.54, 1.807) is 30.3 Å². The summed E-state index contributed by atoms with van der Waals surface area (Å²) in [6.07, 6.45) is 2.86. The zero-order valence-corrected chi connectivity index (χ0v) is 17.2. The van der Waals surface area contributed by atoms with Gasteiger partial charge in [0.15, 0.2) is 0 Å². The summed E-state index contributed by atoms with van der Waals surface area (Å²) in [6.45, 7) is 2.24. The number of hydrogen-bond acceptors (Lipinski definition) is 6. The van der Waals surface area contributed by atoms with Crippen LogP contribution in [0.3, 0.4) is 0 Å². The second-order valence-corrected chi connectivity index (χ2v) is 7.83. The van der Waals surface area contributed by atoms with Crippen molar-refractivity contribution in [3.63, 3.8) is 0 Å². The number of carbonyl (C=O) groups excluding carboxylic acids is 1. The predicted molar refractivity (Wildman–Crippen MR) is 113 cm³/mol. The molecule has 8 nitrogen and oxygen atoms in total. The number of amides is 1. The zero-order valence-electron chi connectivity index (χ0n) is 15.6. The van der Waals surface area contributed by atoms with Crippen molar-refractivity contribution in [1.82, 2.24) is 10.3 Å². The van der Waals surface area contributed by atoms with Crippen LogP contribution < -0.4 is 5.43 Å². The van der Waals surface area contributed by atoms with Gasteiger partial charge in [-0.3, -0.25) is 19.8 Å². The molecule has 0 saturated carbocycles. The van der Waals surface area contributed by atoms with Gasteiger partial charge in [-0.2, -0.15) is 5.10 Å². The van der Waals surface area contributed by atoms with Gasteiger partial charge in [-0.25, -0.2) is 5.43 Å². The Morgan fingerprint density at radius 2 is 1.97 bits per heavy atom. The van der Waals surface area contributed by atoms with Crippen LogP contribution in [0.2, 0.25) is 0 Å². The minimum Gasteiger partial charge on any atom is -0.507 e. The van der Waals surface area contributed by atoms with Crippen molar-refractivity contribution in [1.29, 1.82) is 0 Å². The highest BCUT2D eigenvalue weighted by Gasteiger charge is 2.24. The molecule has 2 aromatic carbocycles. The number of phenols is 1. The third-order valence-corrected chi connectivity index (χ3v) is 5.37. The van der Waals surface area contributed by atoms with E-state index in [4.69, 9.17) is 0 Å².